The molecule has 1 aromatic carbocycles. The van der Waals surface area contributed by atoms with Crippen molar-refractivity contribution in [3.8, 4) is 0 Å². The molecule has 2 fully saturated rings. The fourth-order valence-corrected chi connectivity index (χ4v) is 5.70. The van der Waals surface area contributed by atoms with Gasteiger partial charge in [0.15, 0.2) is 0 Å². The summed E-state index contributed by atoms with van der Waals surface area (Å²) in [5.41, 5.74) is 4.51. The van der Waals surface area contributed by atoms with Crippen LogP contribution in [0.25, 0.3) is 0 Å². The molecule has 2 N–H and O–H groups in total. The van der Waals surface area contributed by atoms with Crippen molar-refractivity contribution in [2.45, 2.75) is 58.7 Å². The van der Waals surface area contributed by atoms with E-state index in [4.69, 9.17) is 4.98 Å². The number of amides is 1. The molecule has 3 heterocycles. The lowest BCUT2D eigenvalue weighted by molar-refractivity contribution is -0.117. The smallest absolute Gasteiger partial charge is 0.224 e. The van der Waals surface area contributed by atoms with E-state index in [-0.39, 0.29) is 18.0 Å². The van der Waals surface area contributed by atoms with Crippen LogP contribution in [-0.2, 0) is 4.79 Å². The van der Waals surface area contributed by atoms with Crippen molar-refractivity contribution < 1.29 is 4.79 Å². The van der Waals surface area contributed by atoms with Crippen LogP contribution in [0.15, 0.2) is 36.4 Å². The fraction of sp³-hybridized carbons (Fsp3) is 0.538. The molecule has 2 aromatic rings. The average molecular weight is 434 g/mol. The molecule has 6 nitrogen and oxygen atoms in total. The van der Waals surface area contributed by atoms with Gasteiger partial charge in [0.25, 0.3) is 0 Å². The third-order valence-electron chi connectivity index (χ3n) is 7.34. The van der Waals surface area contributed by atoms with Crippen LogP contribution in [-0.4, -0.2) is 42.6 Å². The highest BCUT2D eigenvalue weighted by atomic mass is 16.2. The number of nitrogens with zero attached hydrogens (tertiary/aromatic N) is 3. The highest BCUT2D eigenvalue weighted by molar-refractivity contribution is 5.94. The van der Waals surface area contributed by atoms with Crippen LogP contribution < -0.4 is 20.4 Å². The minimum Gasteiger partial charge on any atom is -0.369 e. The Bertz CT molecular complexity index is 1000. The Morgan fingerprint density at radius 1 is 1.19 bits per heavy atom. The van der Waals surface area contributed by atoms with E-state index in [2.05, 4.69) is 58.5 Å². The molecule has 4 unspecified atom stereocenters. The molecule has 0 radical (unpaired) electrons. The molecular weight excluding hydrogens is 398 g/mol. The second kappa shape index (κ2) is 8.39. The van der Waals surface area contributed by atoms with Gasteiger partial charge in [0.1, 0.15) is 5.82 Å². The lowest BCUT2D eigenvalue weighted by Gasteiger charge is -2.46. The number of aromatic nitrogens is 1. The maximum atomic E-state index is 12.9. The van der Waals surface area contributed by atoms with Crippen LogP contribution in [0.4, 0.5) is 17.2 Å². The lowest BCUT2D eigenvalue weighted by Crippen LogP contribution is -2.51. The summed E-state index contributed by atoms with van der Waals surface area (Å²) in [4.78, 5) is 22.1. The average Bonchev–Trinajstić information content (AvgIpc) is 3.60. The number of piperazine rings is 1. The van der Waals surface area contributed by atoms with Gasteiger partial charge >= 0.3 is 0 Å². The number of carbonyl (C=O) groups excluding carboxylic acids is 1. The van der Waals surface area contributed by atoms with Crippen LogP contribution in [0, 0.1) is 18.8 Å². The minimum absolute atomic E-state index is 0.112. The van der Waals surface area contributed by atoms with E-state index in [0.717, 1.165) is 36.8 Å². The molecule has 1 saturated heterocycles. The number of anilines is 3. The number of hydrogen-bond donors (Lipinski definition) is 2. The van der Waals surface area contributed by atoms with E-state index in [9.17, 15) is 4.79 Å². The van der Waals surface area contributed by atoms with Gasteiger partial charge in [0, 0.05) is 67.2 Å². The van der Waals surface area contributed by atoms with Gasteiger partial charge in [-0.3, -0.25) is 4.79 Å². The minimum atomic E-state index is 0.112. The van der Waals surface area contributed by atoms with Gasteiger partial charge in [-0.15, -0.1) is 0 Å². The van der Waals surface area contributed by atoms with E-state index in [0.29, 0.717) is 17.9 Å². The molecule has 0 bridgehead atoms. The topological polar surface area (TPSA) is 60.5 Å². The van der Waals surface area contributed by atoms with Crippen molar-refractivity contribution in [1.82, 2.24) is 10.3 Å². The summed E-state index contributed by atoms with van der Waals surface area (Å²) >= 11 is 0. The Hall–Kier alpha value is -2.60. The second-order valence-corrected chi connectivity index (χ2v) is 9.91. The molecule has 3 aliphatic rings. The van der Waals surface area contributed by atoms with E-state index in [1.165, 1.54) is 24.1 Å². The molecule has 6 heteroatoms. The summed E-state index contributed by atoms with van der Waals surface area (Å²) in [5, 5.41) is 7.29. The first-order chi connectivity index (χ1) is 15.4. The predicted molar refractivity (Wildman–Crippen MR) is 130 cm³/mol. The number of pyridine rings is 1. The van der Waals surface area contributed by atoms with Crippen molar-refractivity contribution in [2.24, 2.45) is 11.8 Å². The summed E-state index contributed by atoms with van der Waals surface area (Å²) in [6, 6.07) is 13.6. The molecule has 2 aliphatic heterocycles. The summed E-state index contributed by atoms with van der Waals surface area (Å²) < 4.78 is 0. The monoisotopic (exact) mass is 433 g/mol. The second-order valence-electron chi connectivity index (χ2n) is 9.91. The normalized spacial score (nSPS) is 27.8. The number of fused-ring (bicyclic) bond motifs is 1. The third kappa shape index (κ3) is 3.96. The Morgan fingerprint density at radius 3 is 2.69 bits per heavy atom. The molecule has 1 aliphatic carbocycles. The van der Waals surface area contributed by atoms with Gasteiger partial charge in [0.2, 0.25) is 5.91 Å². The van der Waals surface area contributed by atoms with Crippen molar-refractivity contribution in [3.63, 3.8) is 0 Å². The molecule has 32 heavy (non-hydrogen) atoms. The van der Waals surface area contributed by atoms with Gasteiger partial charge in [-0.1, -0.05) is 13.0 Å². The van der Waals surface area contributed by atoms with E-state index >= 15 is 0 Å². The molecule has 1 aromatic heterocycles. The summed E-state index contributed by atoms with van der Waals surface area (Å²) in [7, 11) is 0. The van der Waals surface area contributed by atoms with Crippen molar-refractivity contribution in [1.29, 1.82) is 0 Å². The van der Waals surface area contributed by atoms with Gasteiger partial charge in [0.05, 0.1) is 6.04 Å². The molecule has 1 amide bonds. The van der Waals surface area contributed by atoms with E-state index < -0.39 is 0 Å². The maximum Gasteiger partial charge on any atom is 0.224 e. The number of nitrogens with one attached hydrogen (secondary N) is 2. The lowest BCUT2D eigenvalue weighted by atomic mass is 9.79. The van der Waals surface area contributed by atoms with Crippen molar-refractivity contribution >= 4 is 23.1 Å². The Balaban J connectivity index is 1.58. The van der Waals surface area contributed by atoms with Gasteiger partial charge < -0.3 is 20.4 Å². The van der Waals surface area contributed by atoms with Gasteiger partial charge in [-0.25, -0.2) is 4.98 Å². The Labute approximate surface area is 191 Å². The largest absolute Gasteiger partial charge is 0.369 e. The van der Waals surface area contributed by atoms with Crippen LogP contribution in [0.2, 0.25) is 0 Å². The zero-order valence-electron chi connectivity index (χ0n) is 19.6. The van der Waals surface area contributed by atoms with E-state index in [1.807, 2.05) is 19.1 Å². The molecule has 4 atom stereocenters. The highest BCUT2D eigenvalue weighted by Gasteiger charge is 2.47. The van der Waals surface area contributed by atoms with Crippen LogP contribution in [0.1, 0.15) is 50.9 Å². The Kier molecular flexibility index (Phi) is 5.58. The van der Waals surface area contributed by atoms with Gasteiger partial charge in [-0.2, -0.15) is 0 Å². The number of aryl methyl sites for hydroxylation is 1. The van der Waals surface area contributed by atoms with Crippen molar-refractivity contribution in [2.75, 3.05) is 34.8 Å². The first-order valence-corrected chi connectivity index (χ1v) is 12.0. The summed E-state index contributed by atoms with van der Waals surface area (Å²) in [6.07, 6.45) is 2.42. The molecular formula is C26H35N5O. The molecule has 5 rings (SSSR count). The Morgan fingerprint density at radius 2 is 2.00 bits per heavy atom. The molecule has 1 saturated carbocycles. The number of benzene rings is 1. The first-order valence-electron chi connectivity index (χ1n) is 12.0. The zero-order chi connectivity index (χ0) is 22.4. The number of carbonyl (C=O) groups is 1. The van der Waals surface area contributed by atoms with Crippen molar-refractivity contribution in [3.05, 3.63) is 47.7 Å². The van der Waals surface area contributed by atoms with Crippen LogP contribution in [0.5, 0.6) is 0 Å². The number of rotatable bonds is 4. The maximum absolute atomic E-state index is 12.9. The predicted octanol–water partition coefficient (Wildman–Crippen LogP) is 4.12. The standard InChI is InChI=1S/C26H35N5O/c1-16-6-5-7-24(28-16)29-25-18(3)26(20-8-9-20)31(19(4)32)23-11-10-21(14-22(23)25)30-13-12-27-17(2)15-30/h5-7,10-11,14,17-18,20,25-27H,8-9,12-13,15H2,1-4H3,(H,28,29). The first kappa shape index (κ1) is 21.3. The van der Waals surface area contributed by atoms with Crippen LogP contribution >= 0.6 is 0 Å². The number of hydrogen-bond acceptors (Lipinski definition) is 5. The molecule has 0 spiro atoms. The summed E-state index contributed by atoms with van der Waals surface area (Å²) in [6.45, 7) is 11.3. The van der Waals surface area contributed by atoms with Crippen LogP contribution in [0.3, 0.4) is 0 Å². The fourth-order valence-electron chi connectivity index (χ4n) is 5.70. The SMILES string of the molecule is CC(=O)N1c2ccc(N3CCNC(C)C3)cc2C(Nc2cccc(C)n2)C(C)C1C1CC1. The third-order valence-corrected chi connectivity index (χ3v) is 7.34. The highest BCUT2D eigenvalue weighted by Crippen LogP contribution is 2.50. The summed E-state index contributed by atoms with van der Waals surface area (Å²) in [5.74, 6) is 1.93. The van der Waals surface area contributed by atoms with Gasteiger partial charge in [-0.05, 0) is 62.9 Å². The zero-order valence-corrected chi connectivity index (χ0v) is 19.6. The van der Waals surface area contributed by atoms with E-state index in [1.54, 1.807) is 6.92 Å². The quantitative estimate of drug-likeness (QED) is 0.760. The molecule has 170 valence electrons.